The van der Waals surface area contributed by atoms with Crippen LogP contribution in [-0.2, 0) is 14.3 Å². The van der Waals surface area contributed by atoms with Gasteiger partial charge >= 0.3 is 5.97 Å². The van der Waals surface area contributed by atoms with Gasteiger partial charge in [0.05, 0.1) is 24.2 Å². The summed E-state index contributed by atoms with van der Waals surface area (Å²) in [7, 11) is 1.45. The summed E-state index contributed by atoms with van der Waals surface area (Å²) < 4.78 is 4.66. The van der Waals surface area contributed by atoms with Crippen molar-refractivity contribution >= 4 is 23.6 Å². The summed E-state index contributed by atoms with van der Waals surface area (Å²) in [6.45, 7) is 0.267. The number of methoxy groups -OCH3 is 1. The number of aliphatic hydroxyl groups excluding tert-OH is 1. The lowest BCUT2D eigenvalue weighted by atomic mass is 10.4. The maximum Gasteiger partial charge on any atom is 0.313 e. The van der Waals surface area contributed by atoms with Gasteiger partial charge in [-0.1, -0.05) is 0 Å². The molecule has 0 fully saturated rings. The SMILES string of the molecule is COCC(O)CNC(=O)CSCC(=O)O. The largest absolute Gasteiger partial charge is 0.481 e. The van der Waals surface area contributed by atoms with E-state index >= 15 is 0 Å². The first-order valence-electron chi connectivity index (χ1n) is 4.29. The first-order valence-corrected chi connectivity index (χ1v) is 5.45. The Morgan fingerprint density at radius 1 is 1.47 bits per heavy atom. The van der Waals surface area contributed by atoms with Crippen LogP contribution >= 0.6 is 11.8 Å². The molecule has 15 heavy (non-hydrogen) atoms. The minimum atomic E-state index is -0.952. The van der Waals surface area contributed by atoms with Crippen LogP contribution in [0.1, 0.15) is 0 Å². The van der Waals surface area contributed by atoms with Gasteiger partial charge < -0.3 is 20.3 Å². The molecule has 0 saturated carbocycles. The van der Waals surface area contributed by atoms with Gasteiger partial charge in [0.1, 0.15) is 0 Å². The summed E-state index contributed by atoms with van der Waals surface area (Å²) in [5.41, 5.74) is 0. The number of carbonyl (C=O) groups excluding carboxylic acids is 1. The molecule has 88 valence electrons. The smallest absolute Gasteiger partial charge is 0.313 e. The number of hydrogen-bond donors (Lipinski definition) is 3. The van der Waals surface area contributed by atoms with E-state index in [1.54, 1.807) is 0 Å². The topological polar surface area (TPSA) is 95.9 Å². The number of thioether (sulfide) groups is 1. The Morgan fingerprint density at radius 3 is 2.67 bits per heavy atom. The van der Waals surface area contributed by atoms with Crippen LogP contribution in [0.3, 0.4) is 0 Å². The molecule has 0 radical (unpaired) electrons. The Kier molecular flexibility index (Phi) is 8.06. The fourth-order valence-corrected chi connectivity index (χ4v) is 1.33. The van der Waals surface area contributed by atoms with Crippen molar-refractivity contribution in [3.05, 3.63) is 0 Å². The maximum absolute atomic E-state index is 11.1. The molecule has 0 aromatic heterocycles. The normalized spacial score (nSPS) is 12.1. The van der Waals surface area contributed by atoms with E-state index in [0.717, 1.165) is 11.8 Å². The van der Waals surface area contributed by atoms with Gasteiger partial charge in [0, 0.05) is 13.7 Å². The number of amides is 1. The van der Waals surface area contributed by atoms with Crippen molar-refractivity contribution in [2.24, 2.45) is 0 Å². The Hall–Kier alpha value is -0.790. The number of aliphatic hydroxyl groups is 1. The molecule has 0 aliphatic carbocycles. The van der Waals surface area contributed by atoms with E-state index in [2.05, 4.69) is 10.1 Å². The van der Waals surface area contributed by atoms with E-state index in [-0.39, 0.29) is 30.6 Å². The van der Waals surface area contributed by atoms with Crippen LogP contribution in [0, 0.1) is 0 Å². The van der Waals surface area contributed by atoms with E-state index in [0.29, 0.717) is 0 Å². The summed E-state index contributed by atoms with van der Waals surface area (Å²) in [6, 6.07) is 0. The lowest BCUT2D eigenvalue weighted by Crippen LogP contribution is -2.35. The number of nitrogens with one attached hydrogen (secondary N) is 1. The van der Waals surface area contributed by atoms with Crippen LogP contribution in [0.5, 0.6) is 0 Å². The summed E-state index contributed by atoms with van der Waals surface area (Å²) in [4.78, 5) is 21.2. The van der Waals surface area contributed by atoms with E-state index < -0.39 is 12.1 Å². The van der Waals surface area contributed by atoms with Gasteiger partial charge in [0.15, 0.2) is 0 Å². The highest BCUT2D eigenvalue weighted by atomic mass is 32.2. The highest BCUT2D eigenvalue weighted by Crippen LogP contribution is 1.97. The molecule has 0 aromatic carbocycles. The van der Waals surface area contributed by atoms with Crippen LogP contribution in [-0.4, -0.2) is 60.0 Å². The van der Waals surface area contributed by atoms with Crippen molar-refractivity contribution in [2.45, 2.75) is 6.10 Å². The quantitative estimate of drug-likeness (QED) is 0.497. The number of ether oxygens (including phenoxy) is 1. The first kappa shape index (κ1) is 14.2. The fraction of sp³-hybridized carbons (Fsp3) is 0.750. The second-order valence-electron chi connectivity index (χ2n) is 2.80. The third-order valence-corrected chi connectivity index (χ3v) is 2.27. The highest BCUT2D eigenvalue weighted by Gasteiger charge is 2.07. The first-order chi connectivity index (χ1) is 7.06. The molecule has 0 aromatic rings. The van der Waals surface area contributed by atoms with Crippen molar-refractivity contribution in [3.8, 4) is 0 Å². The molecule has 7 heteroatoms. The zero-order valence-corrected chi connectivity index (χ0v) is 9.25. The minimum absolute atomic E-state index is 0.0754. The fourth-order valence-electron chi connectivity index (χ4n) is 0.765. The Bertz CT molecular complexity index is 211. The summed E-state index contributed by atoms with van der Waals surface area (Å²) in [5, 5.41) is 19.9. The van der Waals surface area contributed by atoms with Crippen molar-refractivity contribution < 1.29 is 24.5 Å². The standard InChI is InChI=1S/C8H15NO5S/c1-14-3-6(10)2-9-7(11)4-15-5-8(12)13/h6,10H,2-5H2,1H3,(H,9,11)(H,12,13). The molecule has 0 bridgehead atoms. The van der Waals surface area contributed by atoms with Gasteiger partial charge in [0.25, 0.3) is 0 Å². The molecule has 1 amide bonds. The van der Waals surface area contributed by atoms with Crippen molar-refractivity contribution in [1.29, 1.82) is 0 Å². The lowest BCUT2D eigenvalue weighted by Gasteiger charge is -2.10. The average Bonchev–Trinajstić information content (AvgIpc) is 2.14. The van der Waals surface area contributed by atoms with Crippen LogP contribution < -0.4 is 5.32 Å². The number of rotatable bonds is 8. The Morgan fingerprint density at radius 2 is 2.13 bits per heavy atom. The Labute approximate surface area is 92.0 Å². The second-order valence-corrected chi connectivity index (χ2v) is 3.79. The molecular weight excluding hydrogens is 222 g/mol. The van der Waals surface area contributed by atoms with Gasteiger partial charge in [-0.05, 0) is 0 Å². The van der Waals surface area contributed by atoms with E-state index in [4.69, 9.17) is 5.11 Å². The third kappa shape index (κ3) is 9.51. The van der Waals surface area contributed by atoms with Gasteiger partial charge in [0.2, 0.25) is 5.91 Å². The molecule has 0 aliphatic heterocycles. The van der Waals surface area contributed by atoms with Crippen LogP contribution in [0.2, 0.25) is 0 Å². The van der Waals surface area contributed by atoms with Crippen molar-refractivity contribution in [2.75, 3.05) is 31.8 Å². The predicted molar refractivity (Wildman–Crippen MR) is 55.9 cm³/mol. The van der Waals surface area contributed by atoms with Gasteiger partial charge in [-0.3, -0.25) is 9.59 Å². The van der Waals surface area contributed by atoms with Gasteiger partial charge in [-0.25, -0.2) is 0 Å². The Balaban J connectivity index is 3.44. The van der Waals surface area contributed by atoms with E-state index in [9.17, 15) is 14.7 Å². The number of carbonyl (C=O) groups is 2. The van der Waals surface area contributed by atoms with E-state index in [1.165, 1.54) is 7.11 Å². The van der Waals surface area contributed by atoms with Gasteiger partial charge in [-0.15, -0.1) is 11.8 Å². The summed E-state index contributed by atoms with van der Waals surface area (Å²) in [5.74, 6) is -1.27. The van der Waals surface area contributed by atoms with E-state index in [1.807, 2.05) is 0 Å². The molecule has 0 aliphatic rings. The highest BCUT2D eigenvalue weighted by molar-refractivity contribution is 8.00. The number of carboxylic acids is 1. The molecular formula is C8H15NO5S. The van der Waals surface area contributed by atoms with Crippen LogP contribution in [0.15, 0.2) is 0 Å². The van der Waals surface area contributed by atoms with Crippen molar-refractivity contribution in [3.63, 3.8) is 0 Å². The summed E-state index contributed by atoms with van der Waals surface area (Å²) >= 11 is 1.01. The number of hydrogen-bond acceptors (Lipinski definition) is 5. The predicted octanol–water partition coefficient (Wildman–Crippen LogP) is -1.07. The zero-order valence-electron chi connectivity index (χ0n) is 8.43. The van der Waals surface area contributed by atoms with Crippen molar-refractivity contribution in [1.82, 2.24) is 5.32 Å². The molecule has 1 atom stereocenters. The molecule has 0 rings (SSSR count). The maximum atomic E-state index is 11.1. The third-order valence-electron chi connectivity index (χ3n) is 1.35. The molecule has 0 saturated heterocycles. The number of aliphatic carboxylic acids is 1. The molecule has 3 N–H and O–H groups in total. The van der Waals surface area contributed by atoms with Gasteiger partial charge in [-0.2, -0.15) is 0 Å². The average molecular weight is 237 g/mol. The van der Waals surface area contributed by atoms with Crippen LogP contribution in [0.25, 0.3) is 0 Å². The molecule has 0 heterocycles. The minimum Gasteiger partial charge on any atom is -0.481 e. The summed E-state index contributed by atoms with van der Waals surface area (Å²) in [6.07, 6.45) is -0.733. The molecule has 1 unspecified atom stereocenters. The van der Waals surface area contributed by atoms with Crippen LogP contribution in [0.4, 0.5) is 0 Å². The monoisotopic (exact) mass is 237 g/mol. The second kappa shape index (κ2) is 8.51. The number of carboxylic acid groups (broad SMARTS) is 1. The lowest BCUT2D eigenvalue weighted by molar-refractivity contribution is -0.133. The molecule has 0 spiro atoms. The molecule has 6 nitrogen and oxygen atoms in total. The zero-order chi connectivity index (χ0) is 11.7.